The molecule has 0 bridgehead atoms. The van der Waals surface area contributed by atoms with Gasteiger partial charge in [0, 0.05) is 38.1 Å². The van der Waals surface area contributed by atoms with Crippen molar-refractivity contribution in [1.82, 2.24) is 9.80 Å². The standard InChI is InChI=1S/C14H21N3O3S/c1-3-16-6-8-17(9-7-16)14(18)12-5-4-11(10-13(12)15)21(2,19)20/h4-5,10H,3,6-9,15H2,1-2H3. The second-order valence-electron chi connectivity index (χ2n) is 5.25. The Morgan fingerprint density at radius 3 is 2.33 bits per heavy atom. The van der Waals surface area contributed by atoms with E-state index >= 15 is 0 Å². The first kappa shape index (κ1) is 15.8. The number of hydrogen-bond acceptors (Lipinski definition) is 5. The summed E-state index contributed by atoms with van der Waals surface area (Å²) in [7, 11) is -3.31. The van der Waals surface area contributed by atoms with E-state index in [9.17, 15) is 13.2 Å². The Morgan fingerprint density at radius 1 is 1.24 bits per heavy atom. The van der Waals surface area contributed by atoms with Crippen LogP contribution in [-0.4, -0.2) is 63.1 Å². The maximum atomic E-state index is 12.5. The number of nitrogens with zero attached hydrogens (tertiary/aromatic N) is 2. The lowest BCUT2D eigenvalue weighted by Crippen LogP contribution is -2.48. The lowest BCUT2D eigenvalue weighted by molar-refractivity contribution is 0.0644. The smallest absolute Gasteiger partial charge is 0.256 e. The minimum Gasteiger partial charge on any atom is -0.398 e. The molecule has 0 aliphatic carbocycles. The molecule has 1 aliphatic heterocycles. The first-order valence-corrected chi connectivity index (χ1v) is 8.83. The summed E-state index contributed by atoms with van der Waals surface area (Å²) in [5, 5.41) is 0. The number of sulfone groups is 1. The van der Waals surface area contributed by atoms with Crippen molar-refractivity contribution in [3.63, 3.8) is 0 Å². The molecule has 2 rings (SSSR count). The third-order valence-electron chi connectivity index (χ3n) is 3.79. The summed E-state index contributed by atoms with van der Waals surface area (Å²) in [6.45, 7) is 6.11. The summed E-state index contributed by atoms with van der Waals surface area (Å²) in [4.78, 5) is 16.6. The fraction of sp³-hybridized carbons (Fsp3) is 0.500. The van der Waals surface area contributed by atoms with E-state index in [1.54, 1.807) is 4.90 Å². The quantitative estimate of drug-likeness (QED) is 0.819. The normalized spacial score (nSPS) is 17.0. The van der Waals surface area contributed by atoms with Crippen molar-refractivity contribution < 1.29 is 13.2 Å². The van der Waals surface area contributed by atoms with Crippen LogP contribution in [0.4, 0.5) is 5.69 Å². The predicted molar refractivity (Wildman–Crippen MR) is 82.0 cm³/mol. The highest BCUT2D eigenvalue weighted by molar-refractivity contribution is 7.90. The molecule has 21 heavy (non-hydrogen) atoms. The molecule has 1 amide bonds. The summed E-state index contributed by atoms with van der Waals surface area (Å²) in [6, 6.07) is 4.28. The van der Waals surface area contributed by atoms with Crippen LogP contribution in [0.5, 0.6) is 0 Å². The van der Waals surface area contributed by atoms with Crippen molar-refractivity contribution in [2.45, 2.75) is 11.8 Å². The van der Waals surface area contributed by atoms with E-state index in [0.29, 0.717) is 18.7 Å². The van der Waals surface area contributed by atoms with Crippen LogP contribution in [0.1, 0.15) is 17.3 Å². The SMILES string of the molecule is CCN1CCN(C(=O)c2ccc(S(C)(=O)=O)cc2N)CC1. The number of anilines is 1. The van der Waals surface area contributed by atoms with Gasteiger partial charge in [-0.2, -0.15) is 0 Å². The highest BCUT2D eigenvalue weighted by Gasteiger charge is 2.23. The van der Waals surface area contributed by atoms with E-state index in [0.717, 1.165) is 25.9 Å². The Morgan fingerprint density at radius 2 is 1.86 bits per heavy atom. The van der Waals surface area contributed by atoms with E-state index in [-0.39, 0.29) is 16.5 Å². The molecule has 0 radical (unpaired) electrons. The Bertz CT molecular complexity index is 635. The average molecular weight is 311 g/mol. The third-order valence-corrected chi connectivity index (χ3v) is 4.90. The summed E-state index contributed by atoms with van der Waals surface area (Å²) in [5.41, 5.74) is 6.43. The molecule has 116 valence electrons. The molecule has 7 heteroatoms. The molecule has 1 heterocycles. The number of hydrogen-bond donors (Lipinski definition) is 1. The molecule has 0 saturated carbocycles. The fourth-order valence-electron chi connectivity index (χ4n) is 2.40. The Hall–Kier alpha value is -1.60. The zero-order chi connectivity index (χ0) is 15.6. The fourth-order valence-corrected chi connectivity index (χ4v) is 3.06. The lowest BCUT2D eigenvalue weighted by Gasteiger charge is -2.34. The van der Waals surface area contributed by atoms with Gasteiger partial charge in [0.05, 0.1) is 10.5 Å². The lowest BCUT2D eigenvalue weighted by atomic mass is 10.1. The van der Waals surface area contributed by atoms with Crippen LogP contribution in [0.15, 0.2) is 23.1 Å². The summed E-state index contributed by atoms with van der Waals surface area (Å²) in [6.07, 6.45) is 1.12. The van der Waals surface area contributed by atoms with Gasteiger partial charge in [-0.15, -0.1) is 0 Å². The minimum atomic E-state index is -3.31. The minimum absolute atomic E-state index is 0.132. The van der Waals surface area contributed by atoms with Gasteiger partial charge in [0.1, 0.15) is 0 Å². The van der Waals surface area contributed by atoms with Crippen molar-refractivity contribution in [2.24, 2.45) is 0 Å². The number of likely N-dealkylation sites (N-methyl/N-ethyl adjacent to an activating group) is 1. The predicted octanol–water partition coefficient (Wildman–Crippen LogP) is 0.450. The monoisotopic (exact) mass is 311 g/mol. The third kappa shape index (κ3) is 3.54. The van der Waals surface area contributed by atoms with Crippen molar-refractivity contribution in [3.8, 4) is 0 Å². The number of carbonyl (C=O) groups excluding carboxylic acids is 1. The van der Waals surface area contributed by atoms with Crippen LogP contribution in [-0.2, 0) is 9.84 Å². The molecule has 0 spiro atoms. The maximum absolute atomic E-state index is 12.5. The maximum Gasteiger partial charge on any atom is 0.256 e. The van der Waals surface area contributed by atoms with Crippen molar-refractivity contribution in [1.29, 1.82) is 0 Å². The molecule has 6 nitrogen and oxygen atoms in total. The molecular formula is C14H21N3O3S. The average Bonchev–Trinajstić information content (AvgIpc) is 2.45. The van der Waals surface area contributed by atoms with Crippen LogP contribution >= 0.6 is 0 Å². The van der Waals surface area contributed by atoms with Crippen molar-refractivity contribution in [3.05, 3.63) is 23.8 Å². The number of piperazine rings is 1. The number of rotatable bonds is 3. The zero-order valence-electron chi connectivity index (χ0n) is 12.4. The number of nitrogen functional groups attached to an aromatic ring is 1. The summed E-state index contributed by atoms with van der Waals surface area (Å²) >= 11 is 0. The summed E-state index contributed by atoms with van der Waals surface area (Å²) < 4.78 is 23.0. The molecular weight excluding hydrogens is 290 g/mol. The second kappa shape index (κ2) is 6.03. The molecule has 2 N–H and O–H groups in total. The number of benzene rings is 1. The van der Waals surface area contributed by atoms with Crippen LogP contribution in [0.25, 0.3) is 0 Å². The second-order valence-corrected chi connectivity index (χ2v) is 7.26. The molecule has 0 aromatic heterocycles. The van der Waals surface area contributed by atoms with Gasteiger partial charge >= 0.3 is 0 Å². The molecule has 0 unspecified atom stereocenters. The first-order chi connectivity index (χ1) is 9.82. The van der Waals surface area contributed by atoms with Gasteiger partial charge in [-0.05, 0) is 24.7 Å². The molecule has 1 fully saturated rings. The van der Waals surface area contributed by atoms with E-state index < -0.39 is 9.84 Å². The van der Waals surface area contributed by atoms with Gasteiger partial charge in [-0.3, -0.25) is 4.79 Å². The van der Waals surface area contributed by atoms with Gasteiger partial charge in [-0.1, -0.05) is 6.92 Å². The Kier molecular flexibility index (Phi) is 4.53. The van der Waals surface area contributed by atoms with Gasteiger partial charge < -0.3 is 15.5 Å². The first-order valence-electron chi connectivity index (χ1n) is 6.94. The van der Waals surface area contributed by atoms with Crippen molar-refractivity contribution >= 4 is 21.4 Å². The topological polar surface area (TPSA) is 83.7 Å². The van der Waals surface area contributed by atoms with Gasteiger partial charge in [0.2, 0.25) is 0 Å². The van der Waals surface area contributed by atoms with Gasteiger partial charge in [0.25, 0.3) is 5.91 Å². The zero-order valence-corrected chi connectivity index (χ0v) is 13.2. The number of carbonyl (C=O) groups is 1. The van der Waals surface area contributed by atoms with E-state index in [2.05, 4.69) is 11.8 Å². The molecule has 1 saturated heterocycles. The Labute approximate surface area is 125 Å². The molecule has 0 atom stereocenters. The van der Waals surface area contributed by atoms with Crippen LogP contribution in [0, 0.1) is 0 Å². The van der Waals surface area contributed by atoms with Crippen LogP contribution < -0.4 is 5.73 Å². The van der Waals surface area contributed by atoms with Crippen molar-refractivity contribution in [2.75, 3.05) is 44.7 Å². The summed E-state index contributed by atoms with van der Waals surface area (Å²) in [5.74, 6) is -0.136. The highest BCUT2D eigenvalue weighted by Crippen LogP contribution is 2.20. The molecule has 1 aromatic rings. The van der Waals surface area contributed by atoms with Crippen LogP contribution in [0.3, 0.4) is 0 Å². The highest BCUT2D eigenvalue weighted by atomic mass is 32.2. The molecule has 1 aliphatic rings. The van der Waals surface area contributed by atoms with Gasteiger partial charge in [0.15, 0.2) is 9.84 Å². The Balaban J connectivity index is 2.17. The van der Waals surface area contributed by atoms with Gasteiger partial charge in [-0.25, -0.2) is 8.42 Å². The van der Waals surface area contributed by atoms with Crippen LogP contribution in [0.2, 0.25) is 0 Å². The van der Waals surface area contributed by atoms with E-state index in [1.807, 2.05) is 0 Å². The number of nitrogens with two attached hydrogens (primary N) is 1. The number of amides is 1. The largest absolute Gasteiger partial charge is 0.398 e. The molecule has 1 aromatic carbocycles. The van der Waals surface area contributed by atoms with E-state index in [4.69, 9.17) is 5.73 Å². The van der Waals surface area contributed by atoms with E-state index in [1.165, 1.54) is 18.2 Å².